The van der Waals surface area contributed by atoms with Crippen LogP contribution in [0, 0.1) is 5.92 Å². The quantitative estimate of drug-likeness (QED) is 0.631. The van der Waals surface area contributed by atoms with Crippen LogP contribution < -0.4 is 11.1 Å². The molecule has 0 aliphatic carbocycles. The Morgan fingerprint density at radius 2 is 2.00 bits per heavy atom. The Kier molecular flexibility index (Phi) is 8.09. The van der Waals surface area contributed by atoms with Crippen molar-refractivity contribution in [2.24, 2.45) is 11.7 Å². The fraction of sp³-hybridized carbons (Fsp3) is 0.909. The zero-order valence-corrected chi connectivity index (χ0v) is 10.3. The van der Waals surface area contributed by atoms with Crippen molar-refractivity contribution in [3.63, 3.8) is 0 Å². The second kappa shape index (κ2) is 8.53. The summed E-state index contributed by atoms with van der Waals surface area (Å²) < 4.78 is 0. The van der Waals surface area contributed by atoms with Crippen LogP contribution in [0.2, 0.25) is 0 Å². The maximum atomic E-state index is 11.5. The molecule has 3 N–H and O–H groups in total. The third kappa shape index (κ3) is 6.33. The molecular formula is C11H25N3O. The first-order valence-electron chi connectivity index (χ1n) is 5.88. The van der Waals surface area contributed by atoms with E-state index in [2.05, 4.69) is 12.2 Å². The number of carbonyl (C=O) groups is 1. The Morgan fingerprint density at radius 3 is 2.47 bits per heavy atom. The summed E-state index contributed by atoms with van der Waals surface area (Å²) in [5.74, 6) is 0.551. The van der Waals surface area contributed by atoms with Gasteiger partial charge >= 0.3 is 6.03 Å². The van der Waals surface area contributed by atoms with E-state index in [9.17, 15) is 4.79 Å². The SMILES string of the molecule is CCN(CC)C(=O)NCCCC(C)CN. The average molecular weight is 215 g/mol. The molecule has 0 aliphatic rings. The van der Waals surface area contributed by atoms with Crippen LogP contribution in [-0.2, 0) is 0 Å². The van der Waals surface area contributed by atoms with Crippen LogP contribution in [0.25, 0.3) is 0 Å². The summed E-state index contributed by atoms with van der Waals surface area (Å²) in [5, 5.41) is 2.91. The summed E-state index contributed by atoms with van der Waals surface area (Å²) in [6.45, 7) is 9.11. The highest BCUT2D eigenvalue weighted by Gasteiger charge is 2.07. The van der Waals surface area contributed by atoms with E-state index in [1.807, 2.05) is 13.8 Å². The molecule has 0 aromatic carbocycles. The van der Waals surface area contributed by atoms with Crippen molar-refractivity contribution >= 4 is 6.03 Å². The van der Waals surface area contributed by atoms with Crippen molar-refractivity contribution in [2.45, 2.75) is 33.6 Å². The van der Waals surface area contributed by atoms with E-state index in [1.165, 1.54) is 0 Å². The molecule has 0 rings (SSSR count). The molecule has 15 heavy (non-hydrogen) atoms. The Balaban J connectivity index is 3.54. The highest BCUT2D eigenvalue weighted by molar-refractivity contribution is 5.73. The molecule has 0 aromatic heterocycles. The summed E-state index contributed by atoms with van der Waals surface area (Å²) in [7, 11) is 0. The maximum Gasteiger partial charge on any atom is 0.317 e. The molecule has 0 fully saturated rings. The van der Waals surface area contributed by atoms with Crippen molar-refractivity contribution in [2.75, 3.05) is 26.2 Å². The van der Waals surface area contributed by atoms with Crippen LogP contribution in [0.4, 0.5) is 4.79 Å². The smallest absolute Gasteiger partial charge is 0.317 e. The van der Waals surface area contributed by atoms with Gasteiger partial charge in [-0.05, 0) is 39.2 Å². The minimum absolute atomic E-state index is 0.0420. The highest BCUT2D eigenvalue weighted by Crippen LogP contribution is 2.01. The lowest BCUT2D eigenvalue weighted by atomic mass is 10.1. The van der Waals surface area contributed by atoms with E-state index < -0.39 is 0 Å². The van der Waals surface area contributed by atoms with E-state index in [1.54, 1.807) is 4.90 Å². The third-order valence-corrected chi connectivity index (χ3v) is 2.60. The molecular weight excluding hydrogens is 190 g/mol. The van der Waals surface area contributed by atoms with E-state index in [-0.39, 0.29) is 6.03 Å². The minimum atomic E-state index is 0.0420. The lowest BCUT2D eigenvalue weighted by Gasteiger charge is -2.19. The average Bonchev–Trinajstić information content (AvgIpc) is 2.25. The molecule has 4 nitrogen and oxygen atoms in total. The first-order chi connectivity index (χ1) is 7.15. The summed E-state index contributed by atoms with van der Waals surface area (Å²) in [6, 6.07) is 0.0420. The standard InChI is InChI=1S/C11H25N3O/c1-4-14(5-2)11(15)13-8-6-7-10(3)9-12/h10H,4-9,12H2,1-3H3,(H,13,15). The predicted octanol–water partition coefficient (Wildman–Crippen LogP) is 1.41. The Hall–Kier alpha value is -0.770. The van der Waals surface area contributed by atoms with Crippen LogP contribution >= 0.6 is 0 Å². The number of nitrogens with two attached hydrogens (primary N) is 1. The number of hydrogen-bond donors (Lipinski definition) is 2. The molecule has 0 heterocycles. The topological polar surface area (TPSA) is 58.4 Å². The monoisotopic (exact) mass is 215 g/mol. The molecule has 0 saturated carbocycles. The van der Waals surface area contributed by atoms with Gasteiger partial charge in [-0.1, -0.05) is 6.92 Å². The lowest BCUT2D eigenvalue weighted by molar-refractivity contribution is 0.203. The maximum absolute atomic E-state index is 11.5. The molecule has 2 amide bonds. The normalized spacial score (nSPS) is 12.3. The van der Waals surface area contributed by atoms with E-state index in [4.69, 9.17) is 5.73 Å². The van der Waals surface area contributed by atoms with Crippen LogP contribution in [-0.4, -0.2) is 37.1 Å². The molecule has 1 unspecified atom stereocenters. The number of carbonyl (C=O) groups excluding carboxylic acids is 1. The van der Waals surface area contributed by atoms with Gasteiger partial charge in [0.25, 0.3) is 0 Å². The second-order valence-electron chi connectivity index (χ2n) is 3.89. The van der Waals surface area contributed by atoms with E-state index >= 15 is 0 Å². The van der Waals surface area contributed by atoms with Gasteiger partial charge in [0, 0.05) is 19.6 Å². The summed E-state index contributed by atoms with van der Waals surface area (Å²) in [5.41, 5.74) is 5.51. The molecule has 0 radical (unpaired) electrons. The van der Waals surface area contributed by atoms with Crippen molar-refractivity contribution in [1.82, 2.24) is 10.2 Å². The zero-order valence-electron chi connectivity index (χ0n) is 10.3. The van der Waals surface area contributed by atoms with Gasteiger partial charge < -0.3 is 16.0 Å². The van der Waals surface area contributed by atoms with Gasteiger partial charge in [-0.2, -0.15) is 0 Å². The van der Waals surface area contributed by atoms with Crippen LogP contribution in [0.15, 0.2) is 0 Å². The first kappa shape index (κ1) is 14.2. The largest absolute Gasteiger partial charge is 0.338 e. The van der Waals surface area contributed by atoms with Gasteiger partial charge in [0.1, 0.15) is 0 Å². The number of hydrogen-bond acceptors (Lipinski definition) is 2. The summed E-state index contributed by atoms with van der Waals surface area (Å²) in [4.78, 5) is 13.3. The number of nitrogens with one attached hydrogen (secondary N) is 1. The van der Waals surface area contributed by atoms with E-state index in [0.29, 0.717) is 5.92 Å². The van der Waals surface area contributed by atoms with E-state index in [0.717, 1.165) is 39.0 Å². The van der Waals surface area contributed by atoms with Crippen molar-refractivity contribution in [3.8, 4) is 0 Å². The highest BCUT2D eigenvalue weighted by atomic mass is 16.2. The Labute approximate surface area is 93.2 Å². The van der Waals surface area contributed by atoms with Gasteiger partial charge in [0.05, 0.1) is 0 Å². The fourth-order valence-electron chi connectivity index (χ4n) is 1.39. The molecule has 0 aromatic rings. The lowest BCUT2D eigenvalue weighted by Crippen LogP contribution is -2.40. The zero-order chi connectivity index (χ0) is 11.7. The van der Waals surface area contributed by atoms with Crippen LogP contribution in [0.5, 0.6) is 0 Å². The summed E-state index contributed by atoms with van der Waals surface area (Å²) >= 11 is 0. The van der Waals surface area contributed by atoms with Gasteiger partial charge in [0.2, 0.25) is 0 Å². The first-order valence-corrected chi connectivity index (χ1v) is 5.88. The van der Waals surface area contributed by atoms with Crippen LogP contribution in [0.3, 0.4) is 0 Å². The van der Waals surface area contributed by atoms with Crippen molar-refractivity contribution < 1.29 is 4.79 Å². The van der Waals surface area contributed by atoms with Crippen molar-refractivity contribution in [3.05, 3.63) is 0 Å². The third-order valence-electron chi connectivity index (χ3n) is 2.60. The van der Waals surface area contributed by atoms with Gasteiger partial charge in [-0.25, -0.2) is 4.79 Å². The molecule has 90 valence electrons. The number of amides is 2. The molecule has 0 saturated heterocycles. The molecule has 0 bridgehead atoms. The number of rotatable bonds is 7. The van der Waals surface area contributed by atoms with Gasteiger partial charge in [-0.3, -0.25) is 0 Å². The molecule has 0 aliphatic heterocycles. The Bertz CT molecular complexity index is 169. The molecule has 1 atom stereocenters. The minimum Gasteiger partial charge on any atom is -0.338 e. The molecule has 0 spiro atoms. The van der Waals surface area contributed by atoms with Gasteiger partial charge in [0.15, 0.2) is 0 Å². The van der Waals surface area contributed by atoms with Crippen LogP contribution in [0.1, 0.15) is 33.6 Å². The molecule has 4 heteroatoms. The second-order valence-corrected chi connectivity index (χ2v) is 3.89. The summed E-state index contributed by atoms with van der Waals surface area (Å²) in [6.07, 6.45) is 2.08. The predicted molar refractivity (Wildman–Crippen MR) is 63.8 cm³/mol. The number of nitrogens with zero attached hydrogens (tertiary/aromatic N) is 1. The fourth-order valence-corrected chi connectivity index (χ4v) is 1.39. The van der Waals surface area contributed by atoms with Gasteiger partial charge in [-0.15, -0.1) is 0 Å². The van der Waals surface area contributed by atoms with Crippen molar-refractivity contribution in [1.29, 1.82) is 0 Å². The number of urea groups is 1. The Morgan fingerprint density at radius 1 is 1.40 bits per heavy atom.